The van der Waals surface area contributed by atoms with Crippen LogP contribution in [0.25, 0.3) is 0 Å². The van der Waals surface area contributed by atoms with Crippen LogP contribution >= 0.6 is 0 Å². The lowest BCUT2D eigenvalue weighted by Crippen LogP contribution is -2.50. The molecule has 0 aliphatic rings. The summed E-state index contributed by atoms with van der Waals surface area (Å²) in [6.45, 7) is 7.20. The molecule has 0 bridgehead atoms. The molecule has 0 fully saturated rings. The first-order chi connectivity index (χ1) is 9.51. The van der Waals surface area contributed by atoms with Gasteiger partial charge in [-0.3, -0.25) is 4.79 Å². The zero-order chi connectivity index (χ0) is 15.0. The van der Waals surface area contributed by atoms with Crippen molar-refractivity contribution >= 4 is 5.97 Å². The average Bonchev–Trinajstić information content (AvgIpc) is 2.45. The number of methoxy groups -OCH3 is 1. The number of carbonyl (C=O) groups is 1. The first-order valence-corrected chi connectivity index (χ1v) is 7.04. The second-order valence-electron chi connectivity index (χ2n) is 5.12. The highest BCUT2D eigenvalue weighted by Crippen LogP contribution is 2.16. The minimum Gasteiger partial charge on any atom is -0.494 e. The molecule has 1 aromatic rings. The molecule has 0 saturated carbocycles. The van der Waals surface area contributed by atoms with Gasteiger partial charge in [0.25, 0.3) is 0 Å². The molecule has 1 aromatic carbocycles. The maximum absolute atomic E-state index is 11.8. The molecule has 0 amide bonds. The average molecular weight is 279 g/mol. The van der Waals surface area contributed by atoms with Crippen molar-refractivity contribution in [2.24, 2.45) is 0 Å². The molecule has 0 aromatic heterocycles. The van der Waals surface area contributed by atoms with E-state index in [4.69, 9.17) is 9.47 Å². The molecule has 1 N–H and O–H groups in total. The molecule has 0 heterocycles. The molecule has 0 aliphatic carbocycles. The molecule has 0 radical (unpaired) electrons. The summed E-state index contributed by atoms with van der Waals surface area (Å²) in [5.41, 5.74) is 0.572. The van der Waals surface area contributed by atoms with Crippen LogP contribution < -0.4 is 10.1 Å². The van der Waals surface area contributed by atoms with Crippen LogP contribution in [-0.4, -0.2) is 31.8 Å². The summed E-state index contributed by atoms with van der Waals surface area (Å²) in [5.74, 6) is 0.633. The lowest BCUT2D eigenvalue weighted by atomic mass is 9.96. The van der Waals surface area contributed by atoms with Crippen LogP contribution in [0.3, 0.4) is 0 Å². The van der Waals surface area contributed by atoms with E-state index in [1.165, 1.54) is 12.7 Å². The van der Waals surface area contributed by atoms with Gasteiger partial charge in [0.1, 0.15) is 11.3 Å². The van der Waals surface area contributed by atoms with Crippen LogP contribution in [0, 0.1) is 6.92 Å². The van der Waals surface area contributed by atoms with E-state index >= 15 is 0 Å². The summed E-state index contributed by atoms with van der Waals surface area (Å²) in [6.07, 6.45) is 1.46. The van der Waals surface area contributed by atoms with E-state index in [1.54, 1.807) is 0 Å². The van der Waals surface area contributed by atoms with Crippen LogP contribution in [0.4, 0.5) is 0 Å². The number of benzene rings is 1. The molecular formula is C16H25NO3. The van der Waals surface area contributed by atoms with Gasteiger partial charge in [-0.05, 0) is 45.4 Å². The van der Waals surface area contributed by atoms with E-state index in [0.717, 1.165) is 18.7 Å². The van der Waals surface area contributed by atoms with Gasteiger partial charge < -0.3 is 14.8 Å². The lowest BCUT2D eigenvalue weighted by molar-refractivity contribution is -0.148. The van der Waals surface area contributed by atoms with Crippen molar-refractivity contribution in [3.05, 3.63) is 29.8 Å². The Morgan fingerprint density at radius 1 is 1.30 bits per heavy atom. The zero-order valence-electron chi connectivity index (χ0n) is 12.9. The fraction of sp³-hybridized carbons (Fsp3) is 0.562. The Morgan fingerprint density at radius 2 is 1.95 bits per heavy atom. The van der Waals surface area contributed by atoms with E-state index in [9.17, 15) is 4.79 Å². The summed E-state index contributed by atoms with van der Waals surface area (Å²) in [4.78, 5) is 11.8. The first-order valence-electron chi connectivity index (χ1n) is 7.04. The van der Waals surface area contributed by atoms with Crippen molar-refractivity contribution in [1.82, 2.24) is 5.32 Å². The number of ether oxygens (including phenoxy) is 2. The van der Waals surface area contributed by atoms with Crippen LogP contribution in [0.5, 0.6) is 5.75 Å². The zero-order valence-corrected chi connectivity index (χ0v) is 12.9. The second kappa shape index (κ2) is 7.90. The molecular weight excluding hydrogens is 254 g/mol. The molecule has 1 atom stereocenters. The largest absolute Gasteiger partial charge is 0.494 e. The van der Waals surface area contributed by atoms with Gasteiger partial charge in [-0.25, -0.2) is 0 Å². The van der Waals surface area contributed by atoms with Crippen LogP contribution in [0.1, 0.15) is 32.3 Å². The van der Waals surface area contributed by atoms with Crippen LogP contribution in [0.2, 0.25) is 0 Å². The van der Waals surface area contributed by atoms with Gasteiger partial charge in [0, 0.05) is 0 Å². The normalized spacial score (nSPS) is 13.6. The van der Waals surface area contributed by atoms with Gasteiger partial charge in [-0.2, -0.15) is 0 Å². The minimum absolute atomic E-state index is 0.227. The van der Waals surface area contributed by atoms with Gasteiger partial charge in [0.05, 0.1) is 13.7 Å². The number of hydrogen-bond acceptors (Lipinski definition) is 4. The summed E-state index contributed by atoms with van der Waals surface area (Å²) in [6, 6.07) is 7.96. The third kappa shape index (κ3) is 4.85. The predicted molar refractivity (Wildman–Crippen MR) is 80.0 cm³/mol. The van der Waals surface area contributed by atoms with E-state index in [-0.39, 0.29) is 5.97 Å². The SMILES string of the molecule is CCNC(C)(CCCOc1ccc(C)cc1)C(=O)OC. The Balaban J connectivity index is 2.41. The van der Waals surface area contributed by atoms with Crippen molar-refractivity contribution in [3.63, 3.8) is 0 Å². The molecule has 0 aliphatic heterocycles. The monoisotopic (exact) mass is 279 g/mol. The molecule has 0 saturated heterocycles. The van der Waals surface area contributed by atoms with E-state index in [2.05, 4.69) is 5.32 Å². The third-order valence-corrected chi connectivity index (χ3v) is 3.31. The standard InChI is InChI=1S/C16H25NO3/c1-5-17-16(3,15(18)19-4)11-6-12-20-14-9-7-13(2)8-10-14/h7-10,17H,5-6,11-12H2,1-4H3. The van der Waals surface area contributed by atoms with E-state index in [1.807, 2.05) is 45.0 Å². The summed E-state index contributed by atoms with van der Waals surface area (Å²) >= 11 is 0. The Hall–Kier alpha value is -1.55. The van der Waals surface area contributed by atoms with Gasteiger partial charge in [0.2, 0.25) is 0 Å². The number of esters is 1. The molecule has 4 heteroatoms. The maximum atomic E-state index is 11.8. The number of likely N-dealkylation sites (N-methyl/N-ethyl adjacent to an activating group) is 1. The fourth-order valence-electron chi connectivity index (χ4n) is 2.13. The number of aryl methyl sites for hydroxylation is 1. The lowest BCUT2D eigenvalue weighted by Gasteiger charge is -2.27. The molecule has 1 rings (SSSR count). The van der Waals surface area contributed by atoms with Crippen molar-refractivity contribution in [1.29, 1.82) is 0 Å². The fourth-order valence-corrected chi connectivity index (χ4v) is 2.13. The highest BCUT2D eigenvalue weighted by molar-refractivity contribution is 5.80. The smallest absolute Gasteiger partial charge is 0.325 e. The van der Waals surface area contributed by atoms with Crippen molar-refractivity contribution in [2.45, 2.75) is 39.2 Å². The van der Waals surface area contributed by atoms with Gasteiger partial charge in [-0.15, -0.1) is 0 Å². The molecule has 4 nitrogen and oxygen atoms in total. The van der Waals surface area contributed by atoms with Crippen LogP contribution in [0.15, 0.2) is 24.3 Å². The van der Waals surface area contributed by atoms with Crippen LogP contribution in [-0.2, 0) is 9.53 Å². The van der Waals surface area contributed by atoms with Crippen molar-refractivity contribution in [2.75, 3.05) is 20.3 Å². The molecule has 1 unspecified atom stereocenters. The van der Waals surface area contributed by atoms with E-state index in [0.29, 0.717) is 13.0 Å². The van der Waals surface area contributed by atoms with Gasteiger partial charge in [0.15, 0.2) is 0 Å². The summed E-state index contributed by atoms with van der Waals surface area (Å²) in [5, 5.41) is 3.19. The van der Waals surface area contributed by atoms with Gasteiger partial charge >= 0.3 is 5.97 Å². The Morgan fingerprint density at radius 3 is 2.50 bits per heavy atom. The Kier molecular flexibility index (Phi) is 6.52. The highest BCUT2D eigenvalue weighted by atomic mass is 16.5. The van der Waals surface area contributed by atoms with Crippen molar-refractivity contribution < 1.29 is 14.3 Å². The minimum atomic E-state index is -0.639. The molecule has 112 valence electrons. The van der Waals surface area contributed by atoms with E-state index < -0.39 is 5.54 Å². The highest BCUT2D eigenvalue weighted by Gasteiger charge is 2.32. The Labute approximate surface area is 121 Å². The topological polar surface area (TPSA) is 47.6 Å². The second-order valence-corrected chi connectivity index (χ2v) is 5.12. The quantitative estimate of drug-likeness (QED) is 0.587. The first kappa shape index (κ1) is 16.5. The maximum Gasteiger partial charge on any atom is 0.325 e. The Bertz CT molecular complexity index is 416. The van der Waals surface area contributed by atoms with Crippen molar-refractivity contribution in [3.8, 4) is 5.75 Å². The summed E-state index contributed by atoms with van der Waals surface area (Å²) < 4.78 is 10.5. The van der Waals surface area contributed by atoms with Gasteiger partial charge in [-0.1, -0.05) is 24.6 Å². The number of carbonyl (C=O) groups excluding carboxylic acids is 1. The molecule has 0 spiro atoms. The number of hydrogen-bond donors (Lipinski definition) is 1. The summed E-state index contributed by atoms with van der Waals surface area (Å²) in [7, 11) is 1.42. The number of nitrogens with one attached hydrogen (secondary N) is 1. The number of rotatable bonds is 8. The predicted octanol–water partition coefficient (Wildman–Crippen LogP) is 2.70. The third-order valence-electron chi connectivity index (χ3n) is 3.31. The molecule has 20 heavy (non-hydrogen) atoms.